The summed E-state index contributed by atoms with van der Waals surface area (Å²) in [4.78, 5) is 72.9. The number of H-pyrrole nitrogens is 2. The zero-order valence-corrected chi connectivity index (χ0v) is 36.7. The van der Waals surface area contributed by atoms with Crippen molar-refractivity contribution in [3.63, 3.8) is 0 Å². The molecule has 3 aromatic carbocycles. The number of imidazole rings is 2. The van der Waals surface area contributed by atoms with Crippen LogP contribution >= 0.6 is 0 Å². The lowest BCUT2D eigenvalue weighted by Gasteiger charge is -2.32. The zero-order valence-electron chi connectivity index (χ0n) is 36.7. The van der Waals surface area contributed by atoms with E-state index in [1.165, 1.54) is 21.3 Å². The molecule has 0 saturated carbocycles. The second kappa shape index (κ2) is 17.0. The van der Waals surface area contributed by atoms with Gasteiger partial charge in [0, 0.05) is 30.6 Å². The molecule has 8 atom stereocenters. The maximum absolute atomic E-state index is 14.0. The number of carbonyl (C=O) groups excluding carboxylic acids is 4. The Kier molecular flexibility index (Phi) is 11.6. The Morgan fingerprint density at radius 1 is 0.855 bits per heavy atom. The van der Waals surface area contributed by atoms with Crippen molar-refractivity contribution in [3.8, 4) is 28.1 Å². The number of aromatic amines is 2. The smallest absolute Gasteiger partial charge is 0.407 e. The third kappa shape index (κ3) is 7.58. The highest BCUT2D eigenvalue weighted by molar-refractivity contribution is 6.07. The first-order valence-corrected chi connectivity index (χ1v) is 21.3. The molecule has 0 radical (unpaired) electrons. The summed E-state index contributed by atoms with van der Waals surface area (Å²) in [7, 11) is 4.06. The number of likely N-dealkylation sites (tertiary alicyclic amines) is 2. The number of hydrogen-bond acceptors (Lipinski definition) is 10. The van der Waals surface area contributed by atoms with Crippen molar-refractivity contribution in [2.24, 2.45) is 17.8 Å². The van der Waals surface area contributed by atoms with Crippen LogP contribution in [0.2, 0.25) is 0 Å². The van der Waals surface area contributed by atoms with Crippen molar-refractivity contribution < 1.29 is 38.1 Å². The van der Waals surface area contributed by atoms with Gasteiger partial charge in [-0.05, 0) is 90.8 Å². The number of fused-ring (bicyclic) bond motifs is 6. The van der Waals surface area contributed by atoms with Crippen LogP contribution in [0.5, 0.6) is 5.75 Å². The van der Waals surface area contributed by atoms with Gasteiger partial charge in [-0.3, -0.25) is 9.59 Å². The van der Waals surface area contributed by atoms with E-state index in [9.17, 15) is 19.2 Å². The van der Waals surface area contributed by atoms with E-state index in [4.69, 9.17) is 28.9 Å². The van der Waals surface area contributed by atoms with Crippen LogP contribution in [-0.4, -0.2) is 106 Å². The fraction of sp³-hybridized carbons (Fsp3) is 0.478. The summed E-state index contributed by atoms with van der Waals surface area (Å²) in [5, 5.41) is 7.38. The van der Waals surface area contributed by atoms with Crippen LogP contribution in [0.25, 0.3) is 44.2 Å². The van der Waals surface area contributed by atoms with Gasteiger partial charge in [0.05, 0.1) is 55.3 Å². The highest BCUT2D eigenvalue weighted by atomic mass is 16.5. The minimum atomic E-state index is -0.934. The molecule has 16 nitrogen and oxygen atoms in total. The predicted octanol–water partition coefficient (Wildman–Crippen LogP) is 7.01. The maximum atomic E-state index is 14.0. The van der Waals surface area contributed by atoms with E-state index >= 15 is 0 Å². The Bertz CT molecular complexity index is 2530. The number of alkyl carbamates (subject to hydrolysis) is 2. The van der Waals surface area contributed by atoms with Crippen molar-refractivity contribution in [3.05, 3.63) is 65.9 Å². The number of benzene rings is 3. The summed E-state index contributed by atoms with van der Waals surface area (Å²) in [5.74, 6) is 1.87. The number of methoxy groups -OCH3 is 3. The number of hydrogen-bond donors (Lipinski definition) is 4. The van der Waals surface area contributed by atoms with Crippen molar-refractivity contribution in [2.75, 3.05) is 27.9 Å². The largest absolute Gasteiger partial charge is 0.488 e. The lowest BCUT2D eigenvalue weighted by molar-refractivity contribution is -0.138. The summed E-state index contributed by atoms with van der Waals surface area (Å²) in [6.45, 7) is 12.7. The van der Waals surface area contributed by atoms with Crippen LogP contribution in [-0.2, 0) is 30.4 Å². The molecule has 8 rings (SSSR count). The molecule has 2 fully saturated rings. The molecule has 2 saturated heterocycles. The molecule has 5 heterocycles. The molecule has 3 aliphatic heterocycles. The van der Waals surface area contributed by atoms with E-state index < -0.39 is 30.4 Å². The molecule has 2 aromatic heterocycles. The number of amides is 4. The van der Waals surface area contributed by atoms with Gasteiger partial charge in [0.1, 0.15) is 36.1 Å². The van der Waals surface area contributed by atoms with E-state index in [0.29, 0.717) is 24.8 Å². The first-order valence-electron chi connectivity index (χ1n) is 21.3. The summed E-state index contributed by atoms with van der Waals surface area (Å²) in [6, 6.07) is 12.3. The van der Waals surface area contributed by atoms with Gasteiger partial charge < -0.3 is 49.3 Å². The van der Waals surface area contributed by atoms with Gasteiger partial charge in [-0.15, -0.1) is 0 Å². The van der Waals surface area contributed by atoms with Gasteiger partial charge in [-0.1, -0.05) is 45.9 Å². The van der Waals surface area contributed by atoms with E-state index in [0.717, 1.165) is 68.3 Å². The van der Waals surface area contributed by atoms with Crippen molar-refractivity contribution in [1.82, 2.24) is 40.4 Å². The number of ether oxygens (including phenoxy) is 4. The van der Waals surface area contributed by atoms with Crippen LogP contribution in [0.3, 0.4) is 0 Å². The molecule has 16 heteroatoms. The Balaban J connectivity index is 1.05. The van der Waals surface area contributed by atoms with Crippen LogP contribution < -0.4 is 15.4 Å². The average molecular weight is 849 g/mol. The molecule has 5 aromatic rings. The lowest BCUT2D eigenvalue weighted by atomic mass is 9.92. The minimum Gasteiger partial charge on any atom is -0.488 e. The molecule has 62 heavy (non-hydrogen) atoms. The quantitative estimate of drug-likeness (QED) is 0.114. The van der Waals surface area contributed by atoms with Gasteiger partial charge in [-0.25, -0.2) is 19.6 Å². The Morgan fingerprint density at radius 3 is 2.31 bits per heavy atom. The van der Waals surface area contributed by atoms with Crippen molar-refractivity contribution >= 4 is 45.8 Å². The second-order valence-corrected chi connectivity index (χ2v) is 17.4. The standard InChI is InChI=1S/C46H56N8O8/c1-22(2)37(51-45(57)60-8)44(56)54-24(4)10-15-35(54)41-48-33-14-12-27-17-32-30-13-11-28(16-29(30)21-62-36(32)18-31(27)39(33)50-41)34-19-47-42(49-34)40-25(5)23(3)20-53(40)43(55)38(26(6)59-7)52-46(58)61-9/h11-14,16-19,22-26,35,37-38,40H,10,15,20-21H2,1-9H3,(H,47,49)(H,48,50)(H,51,57)(H,52,58)/t23-,24+,25-,26-,35+,37+,38+,40+/m1/s1. The second-order valence-electron chi connectivity index (χ2n) is 17.4. The number of nitrogens with zero attached hydrogens (tertiary/aromatic N) is 4. The molecular formula is C46H56N8O8. The van der Waals surface area contributed by atoms with Crippen molar-refractivity contribution in [1.29, 1.82) is 0 Å². The third-order valence-corrected chi connectivity index (χ3v) is 13.3. The summed E-state index contributed by atoms with van der Waals surface area (Å²) < 4.78 is 21.6. The van der Waals surface area contributed by atoms with E-state index in [2.05, 4.69) is 70.8 Å². The normalized spacial score (nSPS) is 22.2. The van der Waals surface area contributed by atoms with Gasteiger partial charge in [0.2, 0.25) is 11.8 Å². The minimum absolute atomic E-state index is 0.0307. The maximum Gasteiger partial charge on any atom is 0.407 e. The first kappa shape index (κ1) is 42.5. The number of aromatic nitrogens is 4. The number of nitrogens with one attached hydrogen (secondary N) is 4. The molecule has 0 aliphatic carbocycles. The Morgan fingerprint density at radius 2 is 1.60 bits per heavy atom. The fourth-order valence-corrected chi connectivity index (χ4v) is 9.44. The third-order valence-electron chi connectivity index (χ3n) is 13.3. The summed E-state index contributed by atoms with van der Waals surface area (Å²) in [5.41, 5.74) is 6.50. The molecule has 4 N–H and O–H groups in total. The monoisotopic (exact) mass is 848 g/mol. The molecule has 0 spiro atoms. The van der Waals surface area contributed by atoms with Gasteiger partial charge in [0.25, 0.3) is 0 Å². The summed E-state index contributed by atoms with van der Waals surface area (Å²) in [6.07, 6.45) is 1.43. The van der Waals surface area contributed by atoms with Crippen molar-refractivity contribution in [2.45, 2.75) is 97.3 Å². The molecule has 0 unspecified atom stereocenters. The molecule has 4 amide bonds. The topological polar surface area (TPSA) is 193 Å². The highest BCUT2D eigenvalue weighted by Gasteiger charge is 2.45. The SMILES string of the molecule is COC(=O)N[C@H](C(=O)N1[C@@H](C)CC[C@H]1c1nc2ccc3cc4c(cc3c2[nH]1)OCc1cc(-c2cnc([C@@H]3[C@H](C)[C@H](C)CN3C(=O)[C@@H](NC(=O)OC)[C@@H](C)OC)[nH]2)ccc1-4)C(C)C. The molecule has 3 aliphatic rings. The predicted molar refractivity (Wildman–Crippen MR) is 232 cm³/mol. The Hall–Kier alpha value is -6.16. The highest BCUT2D eigenvalue weighted by Crippen LogP contribution is 2.45. The zero-order chi connectivity index (χ0) is 44.1. The van der Waals surface area contributed by atoms with Crippen LogP contribution in [0.15, 0.2) is 48.7 Å². The molecule has 328 valence electrons. The van der Waals surface area contributed by atoms with Crippen LogP contribution in [0.4, 0.5) is 9.59 Å². The van der Waals surface area contributed by atoms with E-state index in [-0.39, 0.29) is 47.7 Å². The lowest BCUT2D eigenvalue weighted by Crippen LogP contribution is -2.54. The first-order chi connectivity index (χ1) is 29.7. The average Bonchev–Trinajstić information content (AvgIpc) is 4.08. The van der Waals surface area contributed by atoms with E-state index in [1.54, 1.807) is 18.0 Å². The number of rotatable bonds is 10. The fourth-order valence-electron chi connectivity index (χ4n) is 9.44. The van der Waals surface area contributed by atoms with E-state index in [1.807, 2.05) is 31.7 Å². The summed E-state index contributed by atoms with van der Waals surface area (Å²) >= 11 is 0. The van der Waals surface area contributed by atoms with Crippen LogP contribution in [0.1, 0.15) is 83.7 Å². The molecule has 0 bridgehead atoms. The van der Waals surface area contributed by atoms with Gasteiger partial charge in [0.15, 0.2) is 0 Å². The molecular weight excluding hydrogens is 793 g/mol. The van der Waals surface area contributed by atoms with Crippen LogP contribution in [0, 0.1) is 17.8 Å². The van der Waals surface area contributed by atoms with Gasteiger partial charge in [-0.2, -0.15) is 0 Å². The number of carbonyl (C=O) groups is 4. The Labute approximate surface area is 360 Å². The van der Waals surface area contributed by atoms with Gasteiger partial charge >= 0.3 is 12.2 Å².